The highest BCUT2D eigenvalue weighted by Gasteiger charge is 2.06. The fourth-order valence-corrected chi connectivity index (χ4v) is 2.56. The summed E-state index contributed by atoms with van der Waals surface area (Å²) in [5.74, 6) is -0.356. The second-order valence-corrected chi connectivity index (χ2v) is 4.95. The Morgan fingerprint density at radius 1 is 1.22 bits per heavy atom. The van der Waals surface area contributed by atoms with Crippen molar-refractivity contribution in [3.8, 4) is 0 Å². The van der Waals surface area contributed by atoms with Crippen molar-refractivity contribution in [2.24, 2.45) is 0 Å². The van der Waals surface area contributed by atoms with Crippen LogP contribution in [0.5, 0.6) is 0 Å². The molecule has 0 bridgehead atoms. The van der Waals surface area contributed by atoms with Crippen molar-refractivity contribution >= 4 is 29.3 Å². The Kier molecular flexibility index (Phi) is 4.23. The molecule has 0 saturated carbocycles. The molecule has 1 N–H and O–H groups in total. The van der Waals surface area contributed by atoms with Crippen LogP contribution in [0.15, 0.2) is 47.5 Å². The molecule has 0 saturated heterocycles. The number of hydrogen-bond donors (Lipinski definition) is 1. The zero-order valence-electron chi connectivity index (χ0n) is 9.34. The summed E-state index contributed by atoms with van der Waals surface area (Å²) in [6.07, 6.45) is 0. The van der Waals surface area contributed by atoms with Crippen molar-refractivity contribution in [1.82, 2.24) is 4.98 Å². The maximum Gasteiger partial charge on any atom is 0.354 e. The van der Waals surface area contributed by atoms with Crippen LogP contribution in [0.3, 0.4) is 0 Å². The lowest BCUT2D eigenvalue weighted by atomic mass is 10.2. The third-order valence-corrected chi connectivity index (χ3v) is 3.62. The monoisotopic (exact) mass is 279 g/mol. The third-order valence-electron chi connectivity index (χ3n) is 2.28. The molecule has 0 atom stereocenters. The summed E-state index contributed by atoms with van der Waals surface area (Å²) in [5.41, 5.74) is 1.06. The van der Waals surface area contributed by atoms with Gasteiger partial charge in [-0.2, -0.15) is 0 Å². The molecular formula is C13H10ClNO2S. The lowest BCUT2D eigenvalue weighted by Crippen LogP contribution is -2.00. The van der Waals surface area contributed by atoms with Gasteiger partial charge < -0.3 is 5.11 Å². The van der Waals surface area contributed by atoms with Crippen molar-refractivity contribution < 1.29 is 9.90 Å². The van der Waals surface area contributed by atoms with E-state index in [-0.39, 0.29) is 5.69 Å². The first-order valence-corrected chi connectivity index (χ1v) is 6.60. The lowest BCUT2D eigenvalue weighted by molar-refractivity contribution is 0.0689. The van der Waals surface area contributed by atoms with Gasteiger partial charge in [-0.1, -0.05) is 35.9 Å². The Balaban J connectivity index is 2.09. The van der Waals surface area contributed by atoms with Gasteiger partial charge in [0.25, 0.3) is 0 Å². The van der Waals surface area contributed by atoms with E-state index in [2.05, 4.69) is 4.98 Å². The Labute approximate surface area is 114 Å². The van der Waals surface area contributed by atoms with Crippen LogP contribution >= 0.6 is 23.4 Å². The van der Waals surface area contributed by atoms with Crippen LogP contribution in [-0.2, 0) is 5.75 Å². The average Bonchev–Trinajstić information content (AvgIpc) is 2.38. The minimum Gasteiger partial charge on any atom is -0.477 e. The Hall–Kier alpha value is -1.52. The van der Waals surface area contributed by atoms with E-state index in [9.17, 15) is 4.79 Å². The highest BCUT2D eigenvalue weighted by molar-refractivity contribution is 7.98. The van der Waals surface area contributed by atoms with E-state index in [1.165, 1.54) is 17.8 Å². The SMILES string of the molecule is O=C(O)c1cccc(SCc2ccccc2Cl)n1. The fraction of sp³-hybridized carbons (Fsp3) is 0.0769. The standard InChI is InChI=1S/C13H10ClNO2S/c14-10-5-2-1-4-9(10)8-18-12-7-3-6-11(15-12)13(16)17/h1-7H,8H2,(H,16,17). The Morgan fingerprint density at radius 2 is 2.00 bits per heavy atom. The van der Waals surface area contributed by atoms with Crippen molar-refractivity contribution in [2.75, 3.05) is 0 Å². The molecule has 1 heterocycles. The van der Waals surface area contributed by atoms with Gasteiger partial charge in [0, 0.05) is 10.8 Å². The molecule has 1 aromatic heterocycles. The first-order chi connectivity index (χ1) is 8.66. The van der Waals surface area contributed by atoms with Gasteiger partial charge in [0.2, 0.25) is 0 Å². The summed E-state index contributed by atoms with van der Waals surface area (Å²) in [6.45, 7) is 0. The van der Waals surface area contributed by atoms with Crippen LogP contribution in [0.1, 0.15) is 16.1 Å². The van der Waals surface area contributed by atoms with Gasteiger partial charge in [0.1, 0.15) is 5.69 Å². The number of aromatic nitrogens is 1. The third kappa shape index (κ3) is 3.24. The quantitative estimate of drug-likeness (QED) is 0.867. The molecule has 1 aromatic carbocycles. The molecule has 3 nitrogen and oxygen atoms in total. The number of benzene rings is 1. The molecule has 0 radical (unpaired) electrons. The van der Waals surface area contributed by atoms with E-state index in [4.69, 9.17) is 16.7 Å². The van der Waals surface area contributed by atoms with Crippen LogP contribution in [0.4, 0.5) is 0 Å². The molecule has 18 heavy (non-hydrogen) atoms. The molecule has 0 aliphatic heterocycles. The highest BCUT2D eigenvalue weighted by Crippen LogP contribution is 2.25. The maximum absolute atomic E-state index is 10.8. The summed E-state index contributed by atoms with van der Waals surface area (Å²) in [7, 11) is 0. The van der Waals surface area contributed by atoms with Crippen molar-refractivity contribution in [3.63, 3.8) is 0 Å². The molecule has 0 fully saturated rings. The number of thioether (sulfide) groups is 1. The van der Waals surface area contributed by atoms with Gasteiger partial charge in [-0.15, -0.1) is 11.8 Å². The predicted octanol–water partition coefficient (Wildman–Crippen LogP) is 3.73. The van der Waals surface area contributed by atoms with E-state index >= 15 is 0 Å². The van der Waals surface area contributed by atoms with E-state index < -0.39 is 5.97 Å². The predicted molar refractivity (Wildman–Crippen MR) is 72.2 cm³/mol. The molecule has 2 rings (SSSR count). The lowest BCUT2D eigenvalue weighted by Gasteiger charge is -2.04. The summed E-state index contributed by atoms with van der Waals surface area (Å²) < 4.78 is 0. The van der Waals surface area contributed by atoms with Crippen molar-refractivity contribution in [3.05, 3.63) is 58.7 Å². The molecule has 0 aliphatic rings. The number of carbonyl (C=O) groups is 1. The molecule has 0 unspecified atom stereocenters. The first kappa shape index (κ1) is 12.9. The largest absolute Gasteiger partial charge is 0.477 e. The van der Waals surface area contributed by atoms with Crippen LogP contribution in [0.2, 0.25) is 5.02 Å². The van der Waals surface area contributed by atoms with E-state index in [1.54, 1.807) is 12.1 Å². The number of hydrogen-bond acceptors (Lipinski definition) is 3. The maximum atomic E-state index is 10.8. The topological polar surface area (TPSA) is 50.2 Å². The highest BCUT2D eigenvalue weighted by atomic mass is 35.5. The van der Waals surface area contributed by atoms with E-state index in [0.29, 0.717) is 15.8 Å². The van der Waals surface area contributed by atoms with Crippen LogP contribution in [-0.4, -0.2) is 16.1 Å². The number of carboxylic acid groups (broad SMARTS) is 1. The number of halogens is 1. The van der Waals surface area contributed by atoms with Crippen molar-refractivity contribution in [2.45, 2.75) is 10.8 Å². The Bertz CT molecular complexity index is 574. The second-order valence-electron chi connectivity index (χ2n) is 3.55. The summed E-state index contributed by atoms with van der Waals surface area (Å²) in [5, 5.41) is 10.2. The van der Waals surface area contributed by atoms with Gasteiger partial charge in [0.15, 0.2) is 0 Å². The van der Waals surface area contributed by atoms with Crippen LogP contribution < -0.4 is 0 Å². The van der Waals surface area contributed by atoms with Crippen molar-refractivity contribution in [1.29, 1.82) is 0 Å². The molecule has 92 valence electrons. The van der Waals surface area contributed by atoms with Gasteiger partial charge in [0.05, 0.1) is 5.03 Å². The second kappa shape index (κ2) is 5.89. The molecule has 0 aliphatic carbocycles. The molecule has 5 heteroatoms. The van der Waals surface area contributed by atoms with Crippen LogP contribution in [0, 0.1) is 0 Å². The normalized spacial score (nSPS) is 10.3. The van der Waals surface area contributed by atoms with Gasteiger partial charge in [-0.05, 0) is 23.8 Å². The number of pyridine rings is 1. The van der Waals surface area contributed by atoms with Gasteiger partial charge in [-0.25, -0.2) is 9.78 Å². The smallest absolute Gasteiger partial charge is 0.354 e. The zero-order valence-corrected chi connectivity index (χ0v) is 10.9. The summed E-state index contributed by atoms with van der Waals surface area (Å²) in [6, 6.07) is 12.5. The first-order valence-electron chi connectivity index (χ1n) is 5.23. The van der Waals surface area contributed by atoms with Crippen LogP contribution in [0.25, 0.3) is 0 Å². The number of nitrogens with zero attached hydrogens (tertiary/aromatic N) is 1. The number of aromatic carboxylic acids is 1. The molecule has 2 aromatic rings. The molecular weight excluding hydrogens is 270 g/mol. The summed E-state index contributed by atoms with van der Waals surface area (Å²) >= 11 is 7.50. The Morgan fingerprint density at radius 3 is 2.72 bits per heavy atom. The molecule has 0 spiro atoms. The van der Waals surface area contributed by atoms with Gasteiger partial charge >= 0.3 is 5.97 Å². The summed E-state index contributed by atoms with van der Waals surface area (Å²) in [4.78, 5) is 14.8. The minimum absolute atomic E-state index is 0.0548. The number of rotatable bonds is 4. The van der Waals surface area contributed by atoms with Gasteiger partial charge in [-0.3, -0.25) is 0 Å². The van der Waals surface area contributed by atoms with E-state index in [0.717, 1.165) is 5.56 Å². The average molecular weight is 280 g/mol. The minimum atomic E-state index is -1.02. The zero-order chi connectivity index (χ0) is 13.0. The van der Waals surface area contributed by atoms with E-state index in [1.807, 2.05) is 24.3 Å². The molecule has 0 amide bonds. The fourth-order valence-electron chi connectivity index (χ4n) is 1.38. The number of carboxylic acids is 1.